The number of fused-ring (bicyclic) bond motifs is 4. The summed E-state index contributed by atoms with van der Waals surface area (Å²) in [6, 6.07) is 2.51. The molecule has 4 heterocycles. The highest BCUT2D eigenvalue weighted by atomic mass is 16.5. The number of piperazine rings is 1. The maximum Gasteiger partial charge on any atom is 0.257 e. The molecule has 0 aromatic carbocycles. The van der Waals surface area contributed by atoms with Gasteiger partial charge in [-0.2, -0.15) is 0 Å². The van der Waals surface area contributed by atoms with Gasteiger partial charge in [0.2, 0.25) is 17.7 Å². The minimum Gasteiger partial charge on any atom is -0.475 e. The van der Waals surface area contributed by atoms with Crippen molar-refractivity contribution in [1.82, 2.24) is 25.4 Å². The van der Waals surface area contributed by atoms with Crippen LogP contribution in [0.4, 0.5) is 0 Å². The minimum atomic E-state index is -0.364. The minimum absolute atomic E-state index is 0.00204. The molecular formula is C19H25N5O5. The van der Waals surface area contributed by atoms with Gasteiger partial charge in [0.05, 0.1) is 12.1 Å². The van der Waals surface area contributed by atoms with Crippen molar-refractivity contribution < 1.29 is 23.9 Å². The van der Waals surface area contributed by atoms with Crippen molar-refractivity contribution in [1.29, 1.82) is 0 Å². The molecule has 4 rings (SSSR count). The average Bonchev–Trinajstić information content (AvgIpc) is 3.19. The maximum atomic E-state index is 13.1. The molecule has 1 aromatic rings. The Balaban J connectivity index is 1.61. The van der Waals surface area contributed by atoms with Crippen molar-refractivity contribution in [2.75, 3.05) is 46.5 Å². The first-order valence-corrected chi connectivity index (χ1v) is 9.76. The van der Waals surface area contributed by atoms with Crippen LogP contribution in [0.2, 0.25) is 0 Å². The molecule has 0 spiro atoms. The Kier molecular flexibility index (Phi) is 5.63. The van der Waals surface area contributed by atoms with Gasteiger partial charge >= 0.3 is 0 Å². The number of hydrogen-bond donors (Lipinski definition) is 2. The van der Waals surface area contributed by atoms with Crippen molar-refractivity contribution in [2.45, 2.75) is 24.5 Å². The summed E-state index contributed by atoms with van der Waals surface area (Å²) in [5, 5.41) is 6.17. The summed E-state index contributed by atoms with van der Waals surface area (Å²) in [4.78, 5) is 45.7. The number of aromatic nitrogens is 1. The highest BCUT2D eigenvalue weighted by Crippen LogP contribution is 2.21. The van der Waals surface area contributed by atoms with E-state index in [2.05, 4.69) is 15.6 Å². The van der Waals surface area contributed by atoms with Gasteiger partial charge in [0.1, 0.15) is 18.8 Å². The first-order chi connectivity index (χ1) is 14.1. The summed E-state index contributed by atoms with van der Waals surface area (Å²) in [5.74, 6) is -0.203. The van der Waals surface area contributed by atoms with Crippen LogP contribution in [0.25, 0.3) is 0 Å². The molecule has 0 unspecified atom stereocenters. The molecule has 29 heavy (non-hydrogen) atoms. The van der Waals surface area contributed by atoms with Crippen molar-refractivity contribution in [3.8, 4) is 5.88 Å². The standard InChI is InChI=1S/C19H25N5O5/c1-28-11-16(25)23-5-6-24-13(9-23)10-29-18-14(3-2-4-20-18)17(26)22-12-7-15(19(24)27)21-8-12/h2-4,12-13,15,21H,5-11H2,1H3,(H,22,26)/t12-,13+,15+/m1/s1. The summed E-state index contributed by atoms with van der Waals surface area (Å²) in [5.41, 5.74) is 0.359. The van der Waals surface area contributed by atoms with Gasteiger partial charge in [-0.3, -0.25) is 14.4 Å². The van der Waals surface area contributed by atoms with Gasteiger partial charge in [0, 0.05) is 45.5 Å². The van der Waals surface area contributed by atoms with E-state index >= 15 is 0 Å². The van der Waals surface area contributed by atoms with E-state index in [1.54, 1.807) is 28.1 Å². The monoisotopic (exact) mass is 403 g/mol. The highest BCUT2D eigenvalue weighted by Gasteiger charge is 2.39. The predicted molar refractivity (Wildman–Crippen MR) is 101 cm³/mol. The molecule has 1 aromatic heterocycles. The van der Waals surface area contributed by atoms with E-state index < -0.39 is 0 Å². The van der Waals surface area contributed by atoms with Crippen LogP contribution in [-0.2, 0) is 14.3 Å². The number of nitrogens with one attached hydrogen (secondary N) is 2. The van der Waals surface area contributed by atoms with E-state index in [0.29, 0.717) is 38.2 Å². The van der Waals surface area contributed by atoms with Crippen LogP contribution in [0, 0.1) is 0 Å². The van der Waals surface area contributed by atoms with Gasteiger partial charge in [0.15, 0.2) is 0 Å². The van der Waals surface area contributed by atoms with Crippen LogP contribution >= 0.6 is 0 Å². The average molecular weight is 403 g/mol. The fourth-order valence-corrected chi connectivity index (χ4v) is 4.08. The van der Waals surface area contributed by atoms with Crippen molar-refractivity contribution in [2.24, 2.45) is 0 Å². The molecule has 0 radical (unpaired) electrons. The molecule has 2 bridgehead atoms. The van der Waals surface area contributed by atoms with Crippen LogP contribution in [0.15, 0.2) is 18.3 Å². The number of methoxy groups -OCH3 is 1. The Hall–Kier alpha value is -2.72. The summed E-state index contributed by atoms with van der Waals surface area (Å²) >= 11 is 0. The number of amides is 3. The fraction of sp³-hybridized carbons (Fsp3) is 0.579. The van der Waals surface area contributed by atoms with Crippen LogP contribution in [-0.4, -0.2) is 97.1 Å². The molecule has 0 aliphatic carbocycles. The summed E-state index contributed by atoms with van der Waals surface area (Å²) < 4.78 is 10.8. The van der Waals surface area contributed by atoms with Crippen molar-refractivity contribution in [3.05, 3.63) is 23.9 Å². The van der Waals surface area contributed by atoms with E-state index in [9.17, 15) is 14.4 Å². The second-order valence-corrected chi connectivity index (χ2v) is 7.49. The number of ether oxygens (including phenoxy) is 2. The van der Waals surface area contributed by atoms with Gasteiger partial charge in [-0.05, 0) is 18.6 Å². The molecule has 10 nitrogen and oxygen atoms in total. The highest BCUT2D eigenvalue weighted by molar-refractivity contribution is 5.96. The quantitative estimate of drug-likeness (QED) is 0.626. The van der Waals surface area contributed by atoms with Crippen LogP contribution < -0.4 is 15.4 Å². The predicted octanol–water partition coefficient (Wildman–Crippen LogP) is -1.38. The number of nitrogens with zero attached hydrogens (tertiary/aromatic N) is 3. The molecular weight excluding hydrogens is 378 g/mol. The van der Waals surface area contributed by atoms with E-state index in [-0.39, 0.29) is 54.9 Å². The topological polar surface area (TPSA) is 113 Å². The zero-order chi connectivity index (χ0) is 20.4. The molecule has 3 amide bonds. The fourth-order valence-electron chi connectivity index (χ4n) is 4.08. The number of pyridine rings is 1. The zero-order valence-electron chi connectivity index (χ0n) is 16.3. The zero-order valence-corrected chi connectivity index (χ0v) is 16.3. The van der Waals surface area contributed by atoms with Gasteiger partial charge in [-0.15, -0.1) is 0 Å². The second kappa shape index (κ2) is 8.34. The Labute approximate surface area is 168 Å². The first kappa shape index (κ1) is 19.6. The van der Waals surface area contributed by atoms with E-state index in [1.165, 1.54) is 7.11 Å². The Morgan fingerprint density at radius 2 is 2.24 bits per heavy atom. The number of carbonyl (C=O) groups is 3. The summed E-state index contributed by atoms with van der Waals surface area (Å²) in [6.45, 7) is 1.88. The Bertz CT molecular complexity index is 803. The Morgan fingerprint density at radius 3 is 3.07 bits per heavy atom. The molecule has 3 aliphatic rings. The lowest BCUT2D eigenvalue weighted by atomic mass is 10.1. The molecule has 2 saturated heterocycles. The molecule has 0 saturated carbocycles. The van der Waals surface area contributed by atoms with Crippen LogP contribution in [0.1, 0.15) is 16.8 Å². The molecule has 3 aliphatic heterocycles. The SMILES string of the molecule is COCC(=O)N1CCN2C(=O)[C@@H]3C[C@H](CN3)NC(=O)c3cccnc3OC[C@@H]2C1. The third kappa shape index (κ3) is 4.03. The number of hydrogen-bond acceptors (Lipinski definition) is 7. The van der Waals surface area contributed by atoms with Gasteiger partial charge < -0.3 is 29.9 Å². The normalized spacial score (nSPS) is 27.1. The largest absolute Gasteiger partial charge is 0.475 e. The van der Waals surface area contributed by atoms with Gasteiger partial charge in [0.25, 0.3) is 5.91 Å². The van der Waals surface area contributed by atoms with Crippen LogP contribution in [0.5, 0.6) is 5.88 Å². The van der Waals surface area contributed by atoms with Crippen molar-refractivity contribution in [3.63, 3.8) is 0 Å². The summed E-state index contributed by atoms with van der Waals surface area (Å²) in [6.07, 6.45) is 2.08. The Morgan fingerprint density at radius 1 is 1.38 bits per heavy atom. The van der Waals surface area contributed by atoms with Crippen LogP contribution in [0.3, 0.4) is 0 Å². The molecule has 156 valence electrons. The maximum absolute atomic E-state index is 13.1. The third-order valence-electron chi connectivity index (χ3n) is 5.58. The van der Waals surface area contributed by atoms with Gasteiger partial charge in [-0.25, -0.2) is 4.98 Å². The second-order valence-electron chi connectivity index (χ2n) is 7.49. The van der Waals surface area contributed by atoms with Crippen molar-refractivity contribution >= 4 is 17.7 Å². The molecule has 3 atom stereocenters. The first-order valence-electron chi connectivity index (χ1n) is 9.76. The lowest BCUT2D eigenvalue weighted by Crippen LogP contribution is -2.61. The smallest absolute Gasteiger partial charge is 0.257 e. The molecule has 10 heteroatoms. The third-order valence-corrected chi connectivity index (χ3v) is 5.58. The lowest BCUT2D eigenvalue weighted by Gasteiger charge is -2.42. The number of rotatable bonds is 2. The van der Waals surface area contributed by atoms with E-state index in [1.807, 2.05) is 0 Å². The molecule has 2 N–H and O–H groups in total. The van der Waals surface area contributed by atoms with E-state index in [0.717, 1.165) is 0 Å². The number of carbonyl (C=O) groups excluding carboxylic acids is 3. The van der Waals surface area contributed by atoms with E-state index in [4.69, 9.17) is 9.47 Å². The van der Waals surface area contributed by atoms with Gasteiger partial charge in [-0.1, -0.05) is 0 Å². The lowest BCUT2D eigenvalue weighted by molar-refractivity contribution is -0.147. The molecule has 2 fully saturated rings. The summed E-state index contributed by atoms with van der Waals surface area (Å²) in [7, 11) is 1.48.